The quantitative estimate of drug-likeness (QED) is 0.0593. The molecule has 14 nitrogen and oxygen atoms in total. The maximum absolute atomic E-state index is 6.46. The van der Waals surface area contributed by atoms with Crippen LogP contribution < -0.4 is 70.3 Å². The molecule has 16 heteroatoms. The second-order valence-corrected chi connectivity index (χ2v) is 20.1. The van der Waals surface area contributed by atoms with E-state index in [1.165, 1.54) is 0 Å². The van der Waals surface area contributed by atoms with E-state index in [2.05, 4.69) is 0 Å². The highest BCUT2D eigenvalue weighted by Gasteiger charge is 2.26. The second kappa shape index (κ2) is 21.7. The molecule has 0 saturated heterocycles. The van der Waals surface area contributed by atoms with E-state index < -0.39 is 18.9 Å². The smallest absolute Gasteiger partial charge is 0.211 e. The van der Waals surface area contributed by atoms with Gasteiger partial charge in [-0.2, -0.15) is 0 Å². The van der Waals surface area contributed by atoms with E-state index in [-0.39, 0.29) is 0 Å². The van der Waals surface area contributed by atoms with Crippen LogP contribution in [0.25, 0.3) is 0 Å². The molecule has 1 atom stereocenters. The summed E-state index contributed by atoms with van der Waals surface area (Å²) in [6.07, 6.45) is 0. The number of hydrogen-bond acceptors (Lipinski definition) is 14. The first-order valence-electron chi connectivity index (χ1n) is 21.5. The molecule has 8 rings (SSSR count). The number of anilines is 4. The summed E-state index contributed by atoms with van der Waals surface area (Å²) < 4.78 is 62.4. The molecule has 0 amide bonds. The first kappa shape index (κ1) is 48.1. The molecule has 0 bridgehead atoms. The third-order valence-corrected chi connectivity index (χ3v) is 16.8. The van der Waals surface area contributed by atoms with Gasteiger partial charge in [-0.1, -0.05) is 43.2 Å². The van der Waals surface area contributed by atoms with Crippen LogP contribution in [0.5, 0.6) is 80.5 Å². The van der Waals surface area contributed by atoms with Gasteiger partial charge in [0, 0.05) is 66.6 Å². The lowest BCUT2D eigenvalue weighted by atomic mass is 10.2. The Morgan fingerprint density at radius 3 is 0.786 bits per heavy atom. The van der Waals surface area contributed by atoms with Gasteiger partial charge >= 0.3 is 0 Å². The predicted octanol–water partition coefficient (Wildman–Crippen LogP) is 11.9. The molecule has 360 valence electrons. The van der Waals surface area contributed by atoms with Gasteiger partial charge < -0.3 is 70.3 Å². The highest BCUT2D eigenvalue weighted by atomic mass is 32.9. The Morgan fingerprint density at radius 2 is 0.529 bits per heavy atom. The van der Waals surface area contributed by atoms with Gasteiger partial charge in [-0.3, -0.25) is 0 Å². The Balaban J connectivity index is 1.45. The average Bonchev–Trinajstić information content (AvgIpc) is 3.36. The molecular weight excluding hydrogens is 929 g/mol. The Morgan fingerprint density at radius 1 is 0.271 bits per heavy atom. The number of nitrogens with two attached hydrogens (primary N) is 4. The predicted molar refractivity (Wildman–Crippen MR) is 277 cm³/mol. The van der Waals surface area contributed by atoms with Crippen LogP contribution in [0, 0.1) is 0 Å². The fourth-order valence-electron chi connectivity index (χ4n) is 7.28. The number of benzene rings is 8. The average molecular weight is 981 g/mol. The lowest BCUT2D eigenvalue weighted by Gasteiger charge is -2.25. The molecule has 1 unspecified atom stereocenters. The maximum atomic E-state index is 6.46. The summed E-state index contributed by atoms with van der Waals surface area (Å²) in [4.78, 5) is 3.26. The van der Waals surface area contributed by atoms with Crippen molar-refractivity contribution in [2.24, 2.45) is 0 Å². The van der Waals surface area contributed by atoms with Crippen molar-refractivity contribution in [1.29, 1.82) is 0 Å². The van der Waals surface area contributed by atoms with Crippen LogP contribution in [-0.4, -0.2) is 42.7 Å². The number of nitrogen functional groups attached to an aromatic ring is 4. The zero-order valence-corrected chi connectivity index (χ0v) is 40.9. The molecule has 0 fully saturated rings. The normalized spacial score (nSPS) is 11.3. The molecule has 70 heavy (non-hydrogen) atoms. The lowest BCUT2D eigenvalue weighted by molar-refractivity contribution is 0.344. The van der Waals surface area contributed by atoms with Crippen LogP contribution in [0.4, 0.5) is 22.7 Å². The fraction of sp³-hybridized carbons (Fsp3) is 0.111. The van der Waals surface area contributed by atoms with Gasteiger partial charge in [0.2, 0.25) is 17.2 Å². The summed E-state index contributed by atoms with van der Waals surface area (Å²) in [5, 5.41) is 0. The summed E-state index contributed by atoms with van der Waals surface area (Å²) >= 11 is 0. The number of ether oxygens (including phenoxy) is 10. The van der Waals surface area contributed by atoms with E-state index in [1.54, 1.807) is 109 Å². The molecule has 0 radical (unpaired) electrons. The van der Waals surface area contributed by atoms with Crippen molar-refractivity contribution >= 4 is 41.7 Å². The summed E-state index contributed by atoms with van der Waals surface area (Å²) in [6.45, 7) is 0. The molecule has 0 saturated carbocycles. The first-order chi connectivity index (χ1) is 34.0. The van der Waals surface area contributed by atoms with Gasteiger partial charge in [0.15, 0.2) is 34.5 Å². The van der Waals surface area contributed by atoms with Gasteiger partial charge in [0.25, 0.3) is 0 Å². The van der Waals surface area contributed by atoms with Gasteiger partial charge in [-0.05, 0) is 109 Å². The highest BCUT2D eigenvalue weighted by molar-refractivity contribution is 8.44. The number of methoxy groups -OCH3 is 6. The Kier molecular flexibility index (Phi) is 14.9. The Labute approximate surface area is 410 Å². The molecule has 0 aliphatic heterocycles. The minimum atomic E-state index is -1.04. The van der Waals surface area contributed by atoms with Crippen molar-refractivity contribution < 1.29 is 47.4 Å². The zero-order valence-electron chi connectivity index (χ0n) is 39.2. The highest BCUT2D eigenvalue weighted by Crippen LogP contribution is 2.49. The van der Waals surface area contributed by atoms with E-state index in [9.17, 15) is 0 Å². The van der Waals surface area contributed by atoms with E-state index in [0.717, 1.165) is 19.6 Å². The fourth-order valence-corrected chi connectivity index (χ4v) is 13.8. The summed E-state index contributed by atoms with van der Waals surface area (Å²) in [7, 11) is 7.43. The number of rotatable bonds is 18. The number of hydrogen-bond donors (Lipinski definition) is 4. The standard InChI is InChI=1S/C54H52N4O10S2/c1-59-46-27-43(28-47(60-2)52(46)66-39-16-8-12-34(56)24-39)69(42-21-19-37(20-22-42)65-38-15-7-11-33(55)23-38)70(44-29-48(61-3)53(49(30-44)62-4)67-40-17-9-13-35(57)25-40)45-31-50(63-5)54(51(32-45)64-6)68-41-18-10-14-36(58)26-41/h7-32H,55-58H2,1-6H3. The summed E-state index contributed by atoms with van der Waals surface area (Å²) in [6, 6.07) is 48.1. The zero-order chi connectivity index (χ0) is 49.3. The second-order valence-electron chi connectivity index (χ2n) is 15.2. The minimum absolute atomic E-state index is 0.346. The van der Waals surface area contributed by atoms with Crippen molar-refractivity contribution in [2.45, 2.75) is 19.6 Å². The monoisotopic (exact) mass is 980 g/mol. The van der Waals surface area contributed by atoms with Crippen molar-refractivity contribution in [1.82, 2.24) is 0 Å². The van der Waals surface area contributed by atoms with Gasteiger partial charge in [0.05, 0.1) is 42.7 Å². The van der Waals surface area contributed by atoms with Crippen LogP contribution in [0.15, 0.2) is 177 Å². The minimum Gasteiger partial charge on any atom is -0.493 e. The van der Waals surface area contributed by atoms with Gasteiger partial charge in [0.1, 0.15) is 28.7 Å². The Bertz CT molecular complexity index is 3020. The van der Waals surface area contributed by atoms with Crippen molar-refractivity contribution in [3.8, 4) is 80.5 Å². The third-order valence-electron chi connectivity index (χ3n) is 10.5. The third kappa shape index (κ3) is 10.8. The van der Waals surface area contributed by atoms with Crippen LogP contribution in [-0.2, 0) is 18.9 Å². The van der Waals surface area contributed by atoms with Crippen molar-refractivity contribution in [3.63, 3.8) is 0 Å². The molecule has 0 spiro atoms. The van der Waals surface area contributed by atoms with Crippen LogP contribution >= 0.6 is 0 Å². The van der Waals surface area contributed by atoms with Crippen LogP contribution in [0.3, 0.4) is 0 Å². The molecule has 0 aromatic heterocycles. The first-order valence-corrected chi connectivity index (χ1v) is 24.5. The largest absolute Gasteiger partial charge is 0.493 e. The van der Waals surface area contributed by atoms with Crippen molar-refractivity contribution in [2.75, 3.05) is 65.6 Å². The van der Waals surface area contributed by atoms with E-state index in [0.29, 0.717) is 103 Å². The lowest BCUT2D eigenvalue weighted by Crippen LogP contribution is -2.09. The topological polar surface area (TPSA) is 196 Å². The van der Waals surface area contributed by atoms with Crippen LogP contribution in [0.1, 0.15) is 0 Å². The molecule has 0 aliphatic rings. The summed E-state index contributed by atoms with van der Waals surface area (Å²) in [5.74, 6) is 6.10. The molecular formula is C54H52N4O10S2. The van der Waals surface area contributed by atoms with E-state index in [4.69, 9.17) is 70.3 Å². The molecule has 0 aliphatic carbocycles. The molecule has 8 aromatic rings. The molecule has 0 heterocycles. The Hall–Kier alpha value is -8.34. The van der Waals surface area contributed by atoms with Gasteiger partial charge in [-0.15, -0.1) is 0 Å². The van der Waals surface area contributed by atoms with Gasteiger partial charge in [-0.25, -0.2) is 0 Å². The maximum Gasteiger partial charge on any atom is 0.211 e. The summed E-state index contributed by atoms with van der Waals surface area (Å²) in [5.41, 5.74) is 26.8. The molecule has 8 N–H and O–H groups in total. The van der Waals surface area contributed by atoms with Crippen molar-refractivity contribution in [3.05, 3.63) is 158 Å². The molecule has 8 aromatic carbocycles. The van der Waals surface area contributed by atoms with Crippen LogP contribution in [0.2, 0.25) is 0 Å². The van der Waals surface area contributed by atoms with E-state index in [1.807, 2.05) is 91.0 Å². The van der Waals surface area contributed by atoms with E-state index >= 15 is 0 Å². The SMILES string of the molecule is COc1cc(S(c2ccc(Oc3cccc(N)c3)cc2)=S(c2cc(OC)c(Oc3cccc(N)c3)c(OC)c2)c2cc(OC)c(Oc3cccc(N)c3)c(OC)c2)cc(OC)c1Oc1cccc(N)c1.